The number of benzene rings is 1. The van der Waals surface area contributed by atoms with Gasteiger partial charge in [0, 0.05) is 71.3 Å². The molecule has 0 saturated carbocycles. The second-order valence-corrected chi connectivity index (χ2v) is 10.7. The molecule has 0 radical (unpaired) electrons. The number of nitrogens with zero attached hydrogens (tertiary/aromatic N) is 2. The van der Waals surface area contributed by atoms with Crippen LogP contribution in [-0.4, -0.2) is 148 Å². The molecule has 1 saturated heterocycles. The van der Waals surface area contributed by atoms with Gasteiger partial charge in [-0.25, -0.2) is 0 Å². The van der Waals surface area contributed by atoms with Crippen molar-refractivity contribution in [3.05, 3.63) is 29.8 Å². The highest BCUT2D eigenvalue weighted by atomic mass is 16.7. The first kappa shape index (κ1) is 38.8. The van der Waals surface area contributed by atoms with Crippen molar-refractivity contribution in [2.45, 2.75) is 32.5 Å². The smallest absolute Gasteiger partial charge is 0.221 e. The molecular formula is C32H56N4O9. The number of carbonyl (C=O) groups is 2. The summed E-state index contributed by atoms with van der Waals surface area (Å²) in [6.45, 7) is 11.9. The Morgan fingerprint density at radius 1 is 0.778 bits per heavy atom. The van der Waals surface area contributed by atoms with E-state index >= 15 is 0 Å². The van der Waals surface area contributed by atoms with Gasteiger partial charge in [0.25, 0.3) is 0 Å². The summed E-state index contributed by atoms with van der Waals surface area (Å²) >= 11 is 0. The maximum atomic E-state index is 12.4. The molecule has 13 heteroatoms. The van der Waals surface area contributed by atoms with Crippen molar-refractivity contribution in [2.75, 3.05) is 126 Å². The largest absolute Gasteiger partial charge is 0.491 e. The Morgan fingerprint density at radius 3 is 1.96 bits per heavy atom. The summed E-state index contributed by atoms with van der Waals surface area (Å²) in [6, 6.07) is 7.49. The number of hydrogen-bond acceptors (Lipinski definition) is 11. The first-order chi connectivity index (χ1) is 22.0. The van der Waals surface area contributed by atoms with Gasteiger partial charge in [0.05, 0.1) is 59.5 Å². The summed E-state index contributed by atoms with van der Waals surface area (Å²) in [5.41, 5.74) is 0.774. The van der Waals surface area contributed by atoms with Crippen LogP contribution < -0.4 is 15.4 Å². The molecule has 2 rings (SSSR count). The molecule has 1 fully saturated rings. The lowest BCUT2D eigenvalue weighted by molar-refractivity contribution is -0.147. The second-order valence-electron chi connectivity index (χ2n) is 10.7. The molecule has 1 unspecified atom stereocenters. The molecule has 1 aliphatic rings. The maximum absolute atomic E-state index is 12.4. The minimum absolute atomic E-state index is 0.00442. The fourth-order valence-corrected chi connectivity index (χ4v) is 4.34. The van der Waals surface area contributed by atoms with Crippen LogP contribution in [0.3, 0.4) is 0 Å². The molecule has 1 heterocycles. The van der Waals surface area contributed by atoms with Crippen molar-refractivity contribution in [2.24, 2.45) is 0 Å². The fourth-order valence-electron chi connectivity index (χ4n) is 4.34. The average Bonchev–Trinajstić information content (AvgIpc) is 3.04. The molecule has 45 heavy (non-hydrogen) atoms. The Kier molecular flexibility index (Phi) is 22.2. The van der Waals surface area contributed by atoms with Crippen LogP contribution in [-0.2, 0) is 38.0 Å². The SMILES string of the molecule is CCCC(=O)NCCOC(OCCNC(=O)CCN1CCN(C)CC1)c1cccc(OCCOCCOCCOCCOC)c1. The number of hydrogen-bond donors (Lipinski definition) is 2. The molecule has 0 aliphatic carbocycles. The van der Waals surface area contributed by atoms with E-state index in [4.69, 9.17) is 33.2 Å². The summed E-state index contributed by atoms with van der Waals surface area (Å²) in [7, 11) is 3.76. The molecule has 2 amide bonds. The Bertz CT molecular complexity index is 903. The molecular weight excluding hydrogens is 584 g/mol. The average molecular weight is 641 g/mol. The van der Waals surface area contributed by atoms with Crippen LogP contribution in [0.25, 0.3) is 0 Å². The van der Waals surface area contributed by atoms with Gasteiger partial charge in [-0.2, -0.15) is 0 Å². The highest BCUT2D eigenvalue weighted by molar-refractivity contribution is 5.76. The number of likely N-dealkylation sites (N-methyl/N-ethyl adjacent to an activating group) is 1. The first-order valence-corrected chi connectivity index (χ1v) is 16.1. The van der Waals surface area contributed by atoms with Gasteiger partial charge >= 0.3 is 0 Å². The van der Waals surface area contributed by atoms with Gasteiger partial charge in [-0.05, 0) is 25.6 Å². The lowest BCUT2D eigenvalue weighted by Crippen LogP contribution is -2.45. The Morgan fingerprint density at radius 2 is 1.36 bits per heavy atom. The third-order valence-electron chi connectivity index (χ3n) is 6.92. The maximum Gasteiger partial charge on any atom is 0.221 e. The van der Waals surface area contributed by atoms with Crippen molar-refractivity contribution >= 4 is 11.8 Å². The number of amides is 2. The minimum atomic E-state index is -0.689. The quantitative estimate of drug-likeness (QED) is 0.107. The third-order valence-corrected chi connectivity index (χ3v) is 6.92. The summed E-state index contributed by atoms with van der Waals surface area (Å²) in [5.74, 6) is 0.657. The van der Waals surface area contributed by atoms with E-state index in [1.165, 1.54) is 0 Å². The summed E-state index contributed by atoms with van der Waals surface area (Å²) in [6.07, 6.45) is 1.04. The second kappa shape index (κ2) is 25.8. The molecule has 0 spiro atoms. The predicted molar refractivity (Wildman–Crippen MR) is 170 cm³/mol. The summed E-state index contributed by atoms with van der Waals surface area (Å²) in [5, 5.41) is 5.79. The number of piperazine rings is 1. The molecule has 13 nitrogen and oxygen atoms in total. The van der Waals surface area contributed by atoms with Gasteiger partial charge in [-0.1, -0.05) is 19.1 Å². The van der Waals surface area contributed by atoms with E-state index in [1.807, 2.05) is 31.2 Å². The van der Waals surface area contributed by atoms with Crippen LogP contribution in [0.4, 0.5) is 0 Å². The van der Waals surface area contributed by atoms with Gasteiger partial charge in [-0.3, -0.25) is 9.59 Å². The van der Waals surface area contributed by atoms with Crippen molar-refractivity contribution in [3.8, 4) is 5.75 Å². The monoisotopic (exact) mass is 640 g/mol. The normalized spacial score (nSPS) is 14.7. The van der Waals surface area contributed by atoms with E-state index in [9.17, 15) is 9.59 Å². The van der Waals surface area contributed by atoms with Gasteiger partial charge in [0.2, 0.25) is 11.8 Å². The van der Waals surface area contributed by atoms with E-state index in [0.717, 1.165) is 44.7 Å². The zero-order valence-electron chi connectivity index (χ0n) is 27.6. The molecule has 1 atom stereocenters. The predicted octanol–water partition coefficient (Wildman–Crippen LogP) is 1.46. The number of methoxy groups -OCH3 is 1. The van der Waals surface area contributed by atoms with Crippen LogP contribution >= 0.6 is 0 Å². The number of ether oxygens (including phenoxy) is 7. The van der Waals surface area contributed by atoms with E-state index < -0.39 is 6.29 Å². The lowest BCUT2D eigenvalue weighted by Gasteiger charge is -2.32. The Balaban J connectivity index is 1.72. The third kappa shape index (κ3) is 19.7. The van der Waals surface area contributed by atoms with Crippen molar-refractivity contribution < 1.29 is 42.7 Å². The van der Waals surface area contributed by atoms with Gasteiger partial charge in [0.1, 0.15) is 12.4 Å². The fraction of sp³-hybridized carbons (Fsp3) is 0.750. The molecule has 0 aromatic heterocycles. The molecule has 2 N–H and O–H groups in total. The molecule has 1 aromatic rings. The van der Waals surface area contributed by atoms with Crippen LogP contribution in [0, 0.1) is 0 Å². The van der Waals surface area contributed by atoms with Crippen LogP contribution in [0.5, 0.6) is 5.75 Å². The lowest BCUT2D eigenvalue weighted by atomic mass is 10.2. The highest BCUT2D eigenvalue weighted by Gasteiger charge is 2.16. The minimum Gasteiger partial charge on any atom is -0.491 e. The van der Waals surface area contributed by atoms with E-state index in [1.54, 1.807) is 7.11 Å². The first-order valence-electron chi connectivity index (χ1n) is 16.1. The Labute approximate surface area is 269 Å². The molecule has 258 valence electrons. The molecule has 0 bridgehead atoms. The summed E-state index contributed by atoms with van der Waals surface area (Å²) in [4.78, 5) is 28.8. The van der Waals surface area contributed by atoms with E-state index in [2.05, 4.69) is 27.5 Å². The number of carbonyl (C=O) groups excluding carboxylic acids is 2. The topological polar surface area (TPSA) is 129 Å². The van der Waals surface area contributed by atoms with Gasteiger partial charge in [0.15, 0.2) is 6.29 Å². The van der Waals surface area contributed by atoms with E-state index in [0.29, 0.717) is 84.5 Å². The van der Waals surface area contributed by atoms with Crippen LogP contribution in [0.1, 0.15) is 38.0 Å². The van der Waals surface area contributed by atoms with Crippen molar-refractivity contribution in [1.29, 1.82) is 0 Å². The van der Waals surface area contributed by atoms with Crippen LogP contribution in [0.15, 0.2) is 24.3 Å². The van der Waals surface area contributed by atoms with Crippen molar-refractivity contribution in [1.82, 2.24) is 20.4 Å². The standard InChI is InChI=1S/C32H56N4O9/c1-4-6-30(37)33-10-17-44-32(45-18-11-34-31(38)9-12-36-15-13-35(2)14-16-36)28-7-5-8-29(27-28)43-26-25-42-24-23-41-22-21-40-20-19-39-3/h5,7-8,27,32H,4,6,9-26H2,1-3H3,(H,33,37)(H,34,38). The summed E-state index contributed by atoms with van der Waals surface area (Å²) < 4.78 is 39.2. The van der Waals surface area contributed by atoms with E-state index in [-0.39, 0.29) is 25.0 Å². The number of rotatable bonds is 27. The Hall–Kier alpha value is -2.36. The van der Waals surface area contributed by atoms with Gasteiger partial charge < -0.3 is 53.6 Å². The highest BCUT2D eigenvalue weighted by Crippen LogP contribution is 2.23. The number of nitrogens with one attached hydrogen (secondary N) is 2. The zero-order valence-corrected chi connectivity index (χ0v) is 27.6. The van der Waals surface area contributed by atoms with Crippen LogP contribution in [0.2, 0.25) is 0 Å². The van der Waals surface area contributed by atoms with Crippen molar-refractivity contribution in [3.63, 3.8) is 0 Å². The zero-order chi connectivity index (χ0) is 32.4. The molecule has 1 aromatic carbocycles. The van der Waals surface area contributed by atoms with Gasteiger partial charge in [-0.15, -0.1) is 0 Å². The molecule has 1 aliphatic heterocycles.